The Hall–Kier alpha value is -0.850. The number of hydrogen-bond acceptors (Lipinski definition) is 5. The Bertz CT molecular complexity index is 547. The average Bonchev–Trinajstić information content (AvgIpc) is 2.94. The minimum Gasteiger partial charge on any atom is -0.471 e. The first-order valence-electron chi connectivity index (χ1n) is 8.44. The quantitative estimate of drug-likeness (QED) is 0.843. The number of halogens is 1. The summed E-state index contributed by atoms with van der Waals surface area (Å²) in [7, 11) is 0. The summed E-state index contributed by atoms with van der Waals surface area (Å²) in [6, 6.07) is 2.99. The van der Waals surface area contributed by atoms with Crippen molar-refractivity contribution in [2.75, 3.05) is 38.6 Å². The van der Waals surface area contributed by atoms with Gasteiger partial charge in [0.05, 0.1) is 0 Å². The highest BCUT2D eigenvalue weighted by Gasteiger charge is 2.50. The van der Waals surface area contributed by atoms with Gasteiger partial charge in [-0.15, -0.1) is 11.8 Å². The maximum Gasteiger partial charge on any atom is 0.250 e. The molecule has 0 radical (unpaired) electrons. The van der Waals surface area contributed by atoms with Crippen LogP contribution in [-0.2, 0) is 4.74 Å². The molecule has 126 valence electrons. The molecule has 0 aliphatic carbocycles. The van der Waals surface area contributed by atoms with Crippen LogP contribution in [0.3, 0.4) is 0 Å². The van der Waals surface area contributed by atoms with Gasteiger partial charge < -0.3 is 14.4 Å². The van der Waals surface area contributed by atoms with E-state index in [-0.39, 0.29) is 17.8 Å². The molecule has 0 unspecified atom stereocenters. The fourth-order valence-corrected chi connectivity index (χ4v) is 5.48. The Labute approximate surface area is 140 Å². The van der Waals surface area contributed by atoms with Crippen molar-refractivity contribution in [1.29, 1.82) is 0 Å². The van der Waals surface area contributed by atoms with Crippen molar-refractivity contribution in [3.8, 4) is 5.88 Å². The summed E-state index contributed by atoms with van der Waals surface area (Å²) in [5.74, 6) is 1.50. The van der Waals surface area contributed by atoms with Crippen molar-refractivity contribution >= 4 is 11.8 Å². The van der Waals surface area contributed by atoms with E-state index in [0.717, 1.165) is 44.4 Å². The van der Waals surface area contributed by atoms with Crippen LogP contribution < -0.4 is 4.74 Å². The molecule has 0 amide bonds. The van der Waals surface area contributed by atoms with Crippen LogP contribution in [-0.4, -0.2) is 59.3 Å². The molecule has 1 aromatic heterocycles. The Morgan fingerprint density at radius 1 is 1.39 bits per heavy atom. The van der Waals surface area contributed by atoms with Gasteiger partial charge in [0.25, 0.3) is 5.88 Å². The van der Waals surface area contributed by atoms with Crippen LogP contribution in [0.4, 0.5) is 4.39 Å². The molecule has 4 rings (SSSR count). The van der Waals surface area contributed by atoms with E-state index in [9.17, 15) is 4.39 Å². The van der Waals surface area contributed by atoms with Crippen LogP contribution in [0.5, 0.6) is 5.88 Å². The predicted molar refractivity (Wildman–Crippen MR) is 88.4 cm³/mol. The van der Waals surface area contributed by atoms with Gasteiger partial charge in [-0.3, -0.25) is 0 Å². The van der Waals surface area contributed by atoms with E-state index in [0.29, 0.717) is 4.75 Å². The SMILES string of the molecule is Fc1cccnc1O[C@@H]1CSC2(C1)CN(CC1CCOCC1)C2. The molecule has 0 bridgehead atoms. The smallest absolute Gasteiger partial charge is 0.250 e. The number of hydrogen-bond donors (Lipinski definition) is 0. The fraction of sp³-hybridized carbons (Fsp3) is 0.706. The molecular weight excluding hydrogens is 315 g/mol. The van der Waals surface area contributed by atoms with Crippen LogP contribution in [0.1, 0.15) is 19.3 Å². The van der Waals surface area contributed by atoms with Crippen molar-refractivity contribution < 1.29 is 13.9 Å². The molecule has 0 aromatic carbocycles. The fourth-order valence-electron chi connectivity index (χ4n) is 3.91. The van der Waals surface area contributed by atoms with Crippen molar-refractivity contribution in [2.24, 2.45) is 5.92 Å². The molecule has 23 heavy (non-hydrogen) atoms. The molecule has 3 fully saturated rings. The molecule has 3 saturated heterocycles. The van der Waals surface area contributed by atoms with Gasteiger partial charge in [-0.1, -0.05) is 0 Å². The lowest BCUT2D eigenvalue weighted by Crippen LogP contribution is -2.60. The van der Waals surface area contributed by atoms with E-state index in [1.54, 1.807) is 12.3 Å². The van der Waals surface area contributed by atoms with Crippen molar-refractivity contribution in [3.05, 3.63) is 24.1 Å². The second-order valence-electron chi connectivity index (χ2n) is 6.95. The molecule has 3 aliphatic heterocycles. The average molecular weight is 338 g/mol. The highest BCUT2D eigenvalue weighted by molar-refractivity contribution is 8.01. The second-order valence-corrected chi connectivity index (χ2v) is 8.44. The highest BCUT2D eigenvalue weighted by atomic mass is 32.2. The molecule has 1 atom stereocenters. The monoisotopic (exact) mass is 338 g/mol. The Kier molecular flexibility index (Phi) is 4.48. The zero-order chi connectivity index (χ0) is 15.7. The highest BCUT2D eigenvalue weighted by Crippen LogP contribution is 2.46. The van der Waals surface area contributed by atoms with E-state index in [1.165, 1.54) is 25.5 Å². The second kappa shape index (κ2) is 6.57. The molecule has 1 spiro atoms. The first-order valence-corrected chi connectivity index (χ1v) is 9.42. The van der Waals surface area contributed by atoms with Gasteiger partial charge in [-0.25, -0.2) is 9.37 Å². The Morgan fingerprint density at radius 3 is 3.00 bits per heavy atom. The molecule has 1 aromatic rings. The van der Waals surface area contributed by atoms with Gasteiger partial charge >= 0.3 is 0 Å². The zero-order valence-corrected chi connectivity index (χ0v) is 14.1. The van der Waals surface area contributed by atoms with Crippen LogP contribution in [0.25, 0.3) is 0 Å². The van der Waals surface area contributed by atoms with Crippen LogP contribution in [0, 0.1) is 11.7 Å². The molecule has 4 nitrogen and oxygen atoms in total. The van der Waals surface area contributed by atoms with Crippen molar-refractivity contribution in [2.45, 2.75) is 30.1 Å². The largest absolute Gasteiger partial charge is 0.471 e. The number of nitrogens with zero attached hydrogens (tertiary/aromatic N) is 2. The van der Waals surface area contributed by atoms with E-state index in [1.807, 2.05) is 11.8 Å². The molecule has 3 aliphatic rings. The lowest BCUT2D eigenvalue weighted by atomic mass is 9.90. The number of thioether (sulfide) groups is 1. The zero-order valence-electron chi connectivity index (χ0n) is 13.2. The minimum absolute atomic E-state index is 0.0784. The third-order valence-electron chi connectivity index (χ3n) is 5.06. The standard InChI is InChI=1S/C17H23FN2O2S/c18-15-2-1-5-19-16(15)22-14-8-17(23-10-14)11-20(12-17)9-13-3-6-21-7-4-13/h1-2,5,13-14H,3-4,6-12H2/t14-/m0/s1. The Balaban J connectivity index is 1.26. The predicted octanol–water partition coefficient (Wildman–Crippen LogP) is 2.59. The third-order valence-corrected chi connectivity index (χ3v) is 6.63. The minimum atomic E-state index is -0.367. The summed E-state index contributed by atoms with van der Waals surface area (Å²) in [4.78, 5) is 6.56. The summed E-state index contributed by atoms with van der Waals surface area (Å²) in [5, 5.41) is 0. The Morgan fingerprint density at radius 2 is 2.22 bits per heavy atom. The molecule has 6 heteroatoms. The summed E-state index contributed by atoms with van der Waals surface area (Å²) < 4.78 is 25.2. The first kappa shape index (κ1) is 15.7. The number of ether oxygens (including phenoxy) is 2. The third kappa shape index (κ3) is 3.49. The first-order chi connectivity index (χ1) is 11.2. The topological polar surface area (TPSA) is 34.6 Å². The van der Waals surface area contributed by atoms with Crippen molar-refractivity contribution in [1.82, 2.24) is 9.88 Å². The molecule has 0 saturated carbocycles. The van der Waals surface area contributed by atoms with Crippen LogP contribution in [0.15, 0.2) is 18.3 Å². The molecule has 4 heterocycles. The summed E-state index contributed by atoms with van der Waals surface area (Å²) in [6.07, 6.45) is 5.05. The van der Waals surface area contributed by atoms with E-state index in [2.05, 4.69) is 9.88 Å². The lowest BCUT2D eigenvalue weighted by Gasteiger charge is -2.49. The normalized spacial score (nSPS) is 28.0. The maximum atomic E-state index is 13.6. The number of pyridine rings is 1. The van der Waals surface area contributed by atoms with Gasteiger partial charge in [0.2, 0.25) is 0 Å². The lowest BCUT2D eigenvalue weighted by molar-refractivity contribution is 0.0282. The summed E-state index contributed by atoms with van der Waals surface area (Å²) >= 11 is 1.99. The summed E-state index contributed by atoms with van der Waals surface area (Å²) in [5.41, 5.74) is 0. The van der Waals surface area contributed by atoms with E-state index >= 15 is 0 Å². The van der Waals surface area contributed by atoms with E-state index < -0.39 is 0 Å². The van der Waals surface area contributed by atoms with Gasteiger partial charge in [-0.2, -0.15) is 0 Å². The number of aromatic nitrogens is 1. The summed E-state index contributed by atoms with van der Waals surface area (Å²) in [6.45, 7) is 5.32. The van der Waals surface area contributed by atoms with Crippen LogP contribution >= 0.6 is 11.8 Å². The van der Waals surface area contributed by atoms with E-state index in [4.69, 9.17) is 9.47 Å². The van der Waals surface area contributed by atoms with Gasteiger partial charge in [-0.05, 0) is 30.9 Å². The van der Waals surface area contributed by atoms with Gasteiger partial charge in [0, 0.05) is 56.0 Å². The van der Waals surface area contributed by atoms with Crippen LogP contribution in [0.2, 0.25) is 0 Å². The number of likely N-dealkylation sites (tertiary alicyclic amines) is 1. The maximum absolute atomic E-state index is 13.6. The number of rotatable bonds is 4. The van der Waals surface area contributed by atoms with Gasteiger partial charge in [0.15, 0.2) is 5.82 Å². The molecular formula is C17H23FN2O2S. The molecule has 0 N–H and O–H groups in total. The van der Waals surface area contributed by atoms with Gasteiger partial charge in [0.1, 0.15) is 6.10 Å². The van der Waals surface area contributed by atoms with Crippen molar-refractivity contribution in [3.63, 3.8) is 0 Å².